The molecule has 0 saturated heterocycles. The van der Waals surface area contributed by atoms with Crippen LogP contribution in [0.2, 0.25) is 0 Å². The molecule has 1 aromatic carbocycles. The number of nitrogens with zero attached hydrogens (tertiary/aromatic N) is 1. The molecule has 0 bridgehead atoms. The highest BCUT2D eigenvalue weighted by molar-refractivity contribution is 9.11. The van der Waals surface area contributed by atoms with Crippen LogP contribution in [0.15, 0.2) is 27.2 Å². The van der Waals surface area contributed by atoms with Crippen LogP contribution in [0.1, 0.15) is 34.9 Å². The third-order valence-electron chi connectivity index (χ3n) is 4.52. The fourth-order valence-corrected chi connectivity index (χ4v) is 5.98. The Balaban J connectivity index is 1.81. The van der Waals surface area contributed by atoms with E-state index in [9.17, 15) is 10.1 Å². The van der Waals surface area contributed by atoms with E-state index in [4.69, 9.17) is 4.74 Å². The Hall–Kier alpha value is -1.62. The van der Waals surface area contributed by atoms with Crippen molar-refractivity contribution in [3.63, 3.8) is 0 Å². The third kappa shape index (κ3) is 4.45. The number of amides is 1. The Bertz CT molecular complexity index is 960. The molecule has 2 aromatic rings. The summed E-state index contributed by atoms with van der Waals surface area (Å²) < 4.78 is 7.07. The summed E-state index contributed by atoms with van der Waals surface area (Å²) in [6.45, 7) is 2.22. The quantitative estimate of drug-likeness (QED) is 0.519. The molecule has 1 atom stereocenters. The van der Waals surface area contributed by atoms with Crippen LogP contribution in [-0.4, -0.2) is 13.0 Å². The van der Waals surface area contributed by atoms with Crippen molar-refractivity contribution in [1.29, 1.82) is 5.26 Å². The van der Waals surface area contributed by atoms with Crippen molar-refractivity contribution in [3.8, 4) is 11.8 Å². The summed E-state index contributed by atoms with van der Waals surface area (Å²) in [6.07, 6.45) is 6.13. The van der Waals surface area contributed by atoms with Crippen LogP contribution in [0.4, 0.5) is 5.00 Å². The smallest absolute Gasteiger partial charge is 0.249 e. The summed E-state index contributed by atoms with van der Waals surface area (Å²) >= 11 is 8.41. The van der Waals surface area contributed by atoms with Crippen LogP contribution in [-0.2, 0) is 17.6 Å². The maximum atomic E-state index is 12.4. The first-order chi connectivity index (χ1) is 12.9. The van der Waals surface area contributed by atoms with E-state index in [0.717, 1.165) is 39.3 Å². The molecule has 7 heteroatoms. The lowest BCUT2D eigenvalue weighted by Crippen LogP contribution is -2.10. The van der Waals surface area contributed by atoms with Gasteiger partial charge in [-0.25, -0.2) is 0 Å². The zero-order valence-electron chi connectivity index (χ0n) is 14.9. The average molecular weight is 510 g/mol. The largest absolute Gasteiger partial charge is 0.495 e. The number of nitrogens with one attached hydrogen (secondary N) is 1. The Morgan fingerprint density at radius 2 is 2.22 bits per heavy atom. The van der Waals surface area contributed by atoms with Crippen molar-refractivity contribution in [2.75, 3.05) is 12.4 Å². The maximum absolute atomic E-state index is 12.4. The number of methoxy groups -OCH3 is 1. The van der Waals surface area contributed by atoms with Crippen molar-refractivity contribution in [1.82, 2.24) is 0 Å². The molecule has 1 amide bonds. The van der Waals surface area contributed by atoms with E-state index in [1.165, 1.54) is 22.3 Å². The number of rotatable bonds is 4. The van der Waals surface area contributed by atoms with E-state index in [1.54, 1.807) is 13.2 Å². The zero-order chi connectivity index (χ0) is 19.6. The van der Waals surface area contributed by atoms with Gasteiger partial charge in [0, 0.05) is 21.0 Å². The normalized spacial score (nSPS) is 16.0. The second-order valence-corrected chi connectivity index (χ2v) is 9.38. The number of nitriles is 1. The van der Waals surface area contributed by atoms with Gasteiger partial charge in [0.05, 0.1) is 17.1 Å². The first-order valence-electron chi connectivity index (χ1n) is 8.49. The lowest BCUT2D eigenvalue weighted by molar-refractivity contribution is -0.111. The van der Waals surface area contributed by atoms with E-state index >= 15 is 0 Å². The van der Waals surface area contributed by atoms with Crippen LogP contribution in [0.25, 0.3) is 6.08 Å². The lowest BCUT2D eigenvalue weighted by atomic mass is 9.89. The minimum Gasteiger partial charge on any atom is -0.495 e. The van der Waals surface area contributed by atoms with Gasteiger partial charge in [0.2, 0.25) is 5.91 Å². The molecule has 27 heavy (non-hydrogen) atoms. The molecule has 0 spiro atoms. The number of anilines is 1. The first kappa shape index (κ1) is 20.1. The number of hydrogen-bond acceptors (Lipinski definition) is 4. The predicted octanol–water partition coefficient (Wildman–Crippen LogP) is 5.93. The maximum Gasteiger partial charge on any atom is 0.249 e. The van der Waals surface area contributed by atoms with Gasteiger partial charge in [-0.15, -0.1) is 11.3 Å². The van der Waals surface area contributed by atoms with Gasteiger partial charge in [-0.05, 0) is 64.9 Å². The molecule has 1 aliphatic rings. The van der Waals surface area contributed by atoms with E-state index in [-0.39, 0.29) is 5.91 Å². The van der Waals surface area contributed by atoms with E-state index < -0.39 is 0 Å². The van der Waals surface area contributed by atoms with Crippen LogP contribution in [0, 0.1) is 17.2 Å². The van der Waals surface area contributed by atoms with Gasteiger partial charge in [-0.1, -0.05) is 22.9 Å². The SMILES string of the molecule is COc1c(Br)cc(Br)cc1/C=C/C(=O)Nc1sc2c(c1C#N)CC[C@H](C)C2. The van der Waals surface area contributed by atoms with Gasteiger partial charge in [0.25, 0.3) is 0 Å². The Kier molecular flexibility index (Phi) is 6.40. The number of thiophene rings is 1. The summed E-state index contributed by atoms with van der Waals surface area (Å²) in [5, 5.41) is 13.1. The molecule has 4 nitrogen and oxygen atoms in total. The van der Waals surface area contributed by atoms with Crippen LogP contribution in [0.5, 0.6) is 5.75 Å². The van der Waals surface area contributed by atoms with Gasteiger partial charge >= 0.3 is 0 Å². The molecule has 1 N–H and O–H groups in total. The zero-order valence-corrected chi connectivity index (χ0v) is 18.9. The van der Waals surface area contributed by atoms with Crippen molar-refractivity contribution < 1.29 is 9.53 Å². The number of carbonyl (C=O) groups is 1. The van der Waals surface area contributed by atoms with E-state index in [1.807, 2.05) is 12.1 Å². The van der Waals surface area contributed by atoms with Gasteiger partial charge in [-0.3, -0.25) is 4.79 Å². The molecule has 3 rings (SSSR count). The van der Waals surface area contributed by atoms with Crippen LogP contribution >= 0.6 is 43.2 Å². The van der Waals surface area contributed by atoms with E-state index in [2.05, 4.69) is 50.2 Å². The number of ether oxygens (including phenoxy) is 1. The number of halogens is 2. The minimum absolute atomic E-state index is 0.267. The Morgan fingerprint density at radius 3 is 2.93 bits per heavy atom. The standard InChI is InChI=1S/C20H18Br2N2O2S/c1-11-3-5-14-15(10-23)20(27-17(14)7-11)24-18(25)6-4-12-8-13(21)9-16(22)19(12)26-2/h4,6,8-9,11H,3,5,7H2,1-2H3,(H,24,25)/b6-4+/t11-/m0/s1. The molecule has 1 aromatic heterocycles. The molecule has 0 aliphatic heterocycles. The molecule has 0 fully saturated rings. The fraction of sp³-hybridized carbons (Fsp3) is 0.300. The number of fused-ring (bicyclic) bond motifs is 1. The third-order valence-corrected chi connectivity index (χ3v) is 6.73. The second kappa shape index (κ2) is 8.59. The van der Waals surface area contributed by atoms with Crippen molar-refractivity contribution in [2.45, 2.75) is 26.2 Å². The van der Waals surface area contributed by atoms with Crippen molar-refractivity contribution in [3.05, 3.63) is 48.7 Å². The van der Waals surface area contributed by atoms with Gasteiger partial charge < -0.3 is 10.1 Å². The molecule has 140 valence electrons. The summed E-state index contributed by atoms with van der Waals surface area (Å²) in [5.41, 5.74) is 2.50. The van der Waals surface area contributed by atoms with Gasteiger partial charge in [0.15, 0.2) is 0 Å². The molecule has 1 aliphatic carbocycles. The first-order valence-corrected chi connectivity index (χ1v) is 10.9. The van der Waals surface area contributed by atoms with Gasteiger partial charge in [-0.2, -0.15) is 5.26 Å². The summed E-state index contributed by atoms with van der Waals surface area (Å²) in [5.74, 6) is 1.01. The van der Waals surface area contributed by atoms with Crippen molar-refractivity contribution >= 4 is 60.2 Å². The summed E-state index contributed by atoms with van der Waals surface area (Å²) in [7, 11) is 1.59. The molecular weight excluding hydrogens is 492 g/mol. The molecular formula is C20H18Br2N2O2S. The highest BCUT2D eigenvalue weighted by Gasteiger charge is 2.24. The highest BCUT2D eigenvalue weighted by atomic mass is 79.9. The number of hydrogen-bond donors (Lipinski definition) is 1. The lowest BCUT2D eigenvalue weighted by Gasteiger charge is -2.17. The molecule has 1 heterocycles. The second-order valence-electron chi connectivity index (χ2n) is 6.50. The number of carbonyl (C=O) groups excluding carboxylic acids is 1. The Labute approximate surface area is 179 Å². The summed E-state index contributed by atoms with van der Waals surface area (Å²) in [4.78, 5) is 13.7. The monoisotopic (exact) mass is 508 g/mol. The topological polar surface area (TPSA) is 62.1 Å². The molecule has 0 radical (unpaired) electrons. The predicted molar refractivity (Wildman–Crippen MR) is 116 cm³/mol. The van der Waals surface area contributed by atoms with E-state index in [0.29, 0.717) is 22.2 Å². The fourth-order valence-electron chi connectivity index (χ4n) is 3.20. The molecule has 0 saturated carbocycles. The van der Waals surface area contributed by atoms with Crippen LogP contribution in [0.3, 0.4) is 0 Å². The molecule has 0 unspecified atom stereocenters. The number of benzene rings is 1. The Morgan fingerprint density at radius 1 is 1.44 bits per heavy atom. The minimum atomic E-state index is -0.267. The highest BCUT2D eigenvalue weighted by Crippen LogP contribution is 2.39. The van der Waals surface area contributed by atoms with Crippen molar-refractivity contribution in [2.24, 2.45) is 5.92 Å². The van der Waals surface area contributed by atoms with Gasteiger partial charge in [0.1, 0.15) is 16.8 Å². The van der Waals surface area contributed by atoms with Crippen LogP contribution < -0.4 is 10.1 Å². The average Bonchev–Trinajstić information content (AvgIpc) is 2.95. The summed E-state index contributed by atoms with van der Waals surface area (Å²) in [6, 6.07) is 6.03.